The van der Waals surface area contributed by atoms with E-state index in [1.165, 1.54) is 46.4 Å². The molecule has 0 aliphatic heterocycles. The minimum absolute atomic E-state index is 0.285. The van der Waals surface area contributed by atoms with Gasteiger partial charge in [0, 0.05) is 46.0 Å². The molecule has 0 saturated carbocycles. The molecule has 0 unspecified atom stereocenters. The molecule has 0 amide bonds. The summed E-state index contributed by atoms with van der Waals surface area (Å²) in [6.07, 6.45) is 3.28. The number of hydrogen-bond acceptors (Lipinski definition) is 3. The molecule has 5 nitrogen and oxygen atoms in total. The van der Waals surface area contributed by atoms with Crippen molar-refractivity contribution in [1.82, 2.24) is 14.3 Å². The maximum atomic E-state index is 6.26. The van der Waals surface area contributed by atoms with Crippen LogP contribution in [0.5, 0.6) is 0 Å². The van der Waals surface area contributed by atoms with Gasteiger partial charge in [-0.05, 0) is 48.9 Å². The second kappa shape index (κ2) is 10.6. The highest BCUT2D eigenvalue weighted by Gasteiger charge is 2.32. The van der Waals surface area contributed by atoms with Crippen molar-refractivity contribution in [1.29, 1.82) is 0 Å². The molecule has 0 saturated heterocycles. The van der Waals surface area contributed by atoms with Crippen LogP contribution in [0.3, 0.4) is 0 Å². The second-order valence-electron chi connectivity index (χ2n) is 13.8. The quantitative estimate of drug-likeness (QED) is 0.191. The summed E-state index contributed by atoms with van der Waals surface area (Å²) >= 11 is 0. The lowest BCUT2D eigenvalue weighted by Crippen LogP contribution is -2.25. The molecule has 1 aromatic carbocycles. The molecular formula is C29H47N3O2Si2. The van der Waals surface area contributed by atoms with E-state index < -0.39 is 16.1 Å². The molecule has 0 bridgehead atoms. The number of benzene rings is 1. The number of hydrogen-bond donors (Lipinski definition) is 0. The van der Waals surface area contributed by atoms with Gasteiger partial charge in [-0.15, -0.1) is 0 Å². The zero-order chi connectivity index (χ0) is 26.1. The summed E-state index contributed by atoms with van der Waals surface area (Å²) in [5.74, 6) is 0. The van der Waals surface area contributed by atoms with Crippen molar-refractivity contribution in [3.05, 3.63) is 41.6 Å². The molecule has 0 spiro atoms. The highest BCUT2D eigenvalue weighted by molar-refractivity contribution is 6.76. The highest BCUT2D eigenvalue weighted by Crippen LogP contribution is 2.40. The first-order valence-electron chi connectivity index (χ1n) is 13.7. The molecule has 1 aliphatic carbocycles. The predicted octanol–water partition coefficient (Wildman–Crippen LogP) is 7.64. The lowest BCUT2D eigenvalue weighted by Gasteiger charge is -2.30. The first-order chi connectivity index (χ1) is 16.8. The van der Waals surface area contributed by atoms with E-state index in [-0.39, 0.29) is 5.41 Å². The Morgan fingerprint density at radius 1 is 0.917 bits per heavy atom. The fourth-order valence-corrected chi connectivity index (χ4v) is 6.43. The van der Waals surface area contributed by atoms with Gasteiger partial charge in [0.15, 0.2) is 0 Å². The standard InChI is InChI=1S/C29H47N3O2Si2/c1-29(2)14-13-24-27(20-29)32(22-34-16-18-36(6,7)8)30-28(24)26-19-23-11-9-10-12-25(23)31(26)21-33-15-17-35(3,4)5/h9-12,19H,13-18,20-22H2,1-8H3. The molecule has 198 valence electrons. The summed E-state index contributed by atoms with van der Waals surface area (Å²) in [7, 11) is -2.25. The van der Waals surface area contributed by atoms with Gasteiger partial charge >= 0.3 is 0 Å². The van der Waals surface area contributed by atoms with Gasteiger partial charge in [0.05, 0.1) is 11.2 Å². The van der Waals surface area contributed by atoms with E-state index in [9.17, 15) is 0 Å². The van der Waals surface area contributed by atoms with Crippen molar-refractivity contribution in [2.45, 2.75) is 97.9 Å². The number of fused-ring (bicyclic) bond motifs is 2. The van der Waals surface area contributed by atoms with Crippen LogP contribution in [0, 0.1) is 5.41 Å². The maximum absolute atomic E-state index is 6.26. The zero-order valence-electron chi connectivity index (χ0n) is 23.9. The van der Waals surface area contributed by atoms with E-state index in [2.05, 4.69) is 92.7 Å². The Morgan fingerprint density at radius 3 is 2.22 bits per heavy atom. The van der Waals surface area contributed by atoms with Crippen molar-refractivity contribution < 1.29 is 9.47 Å². The summed E-state index contributed by atoms with van der Waals surface area (Å²) in [6.45, 7) is 21.9. The molecule has 0 N–H and O–H groups in total. The fourth-order valence-electron chi connectivity index (χ4n) is 4.92. The van der Waals surface area contributed by atoms with Crippen LogP contribution in [0.2, 0.25) is 51.4 Å². The summed E-state index contributed by atoms with van der Waals surface area (Å²) in [4.78, 5) is 0. The monoisotopic (exact) mass is 525 g/mol. The third-order valence-corrected chi connectivity index (χ3v) is 10.8. The van der Waals surface area contributed by atoms with Crippen LogP contribution in [-0.2, 0) is 35.8 Å². The Hall–Kier alpha value is -1.68. The van der Waals surface area contributed by atoms with Crippen molar-refractivity contribution in [3.8, 4) is 11.4 Å². The lowest BCUT2D eigenvalue weighted by atomic mass is 9.76. The molecular weight excluding hydrogens is 479 g/mol. The smallest absolute Gasteiger partial charge is 0.139 e. The molecule has 0 fully saturated rings. The third-order valence-electron chi connectivity index (χ3n) is 7.34. The minimum Gasteiger partial charge on any atom is -0.361 e. The molecule has 1 aliphatic rings. The molecule has 36 heavy (non-hydrogen) atoms. The summed E-state index contributed by atoms with van der Waals surface area (Å²) in [6, 6.07) is 13.3. The largest absolute Gasteiger partial charge is 0.361 e. The van der Waals surface area contributed by atoms with Gasteiger partial charge in [-0.3, -0.25) is 0 Å². The predicted molar refractivity (Wildman–Crippen MR) is 157 cm³/mol. The first-order valence-corrected chi connectivity index (χ1v) is 21.1. The van der Waals surface area contributed by atoms with Gasteiger partial charge < -0.3 is 14.0 Å². The normalized spacial score (nSPS) is 16.0. The first kappa shape index (κ1) is 27.4. The van der Waals surface area contributed by atoms with Crippen LogP contribution in [0.25, 0.3) is 22.3 Å². The SMILES string of the molecule is CC1(C)CCc2c(-c3cc4ccccc4n3COCC[Si](C)(C)C)nn(COCC[Si](C)(C)C)c2C1. The van der Waals surface area contributed by atoms with Gasteiger partial charge in [0.25, 0.3) is 0 Å². The van der Waals surface area contributed by atoms with Crippen molar-refractivity contribution >= 4 is 27.1 Å². The van der Waals surface area contributed by atoms with E-state index in [1.54, 1.807) is 0 Å². The number of ether oxygens (including phenoxy) is 2. The zero-order valence-corrected chi connectivity index (χ0v) is 25.9. The molecule has 7 heteroatoms. The Kier molecular flexibility index (Phi) is 8.05. The molecule has 2 aromatic heterocycles. The van der Waals surface area contributed by atoms with Crippen molar-refractivity contribution in [2.75, 3.05) is 13.2 Å². The molecule has 0 radical (unpaired) electrons. The van der Waals surface area contributed by atoms with Gasteiger partial charge in [0.1, 0.15) is 19.2 Å². The Bertz CT molecular complexity index is 1180. The average molecular weight is 526 g/mol. The summed E-state index contributed by atoms with van der Waals surface area (Å²) in [5.41, 5.74) is 6.53. The van der Waals surface area contributed by atoms with Crippen LogP contribution in [0.4, 0.5) is 0 Å². The molecule has 4 rings (SSSR count). The Labute approximate surface area is 220 Å². The maximum Gasteiger partial charge on any atom is 0.139 e. The fraction of sp³-hybridized carbons (Fsp3) is 0.621. The average Bonchev–Trinajstić information content (AvgIpc) is 3.30. The van der Waals surface area contributed by atoms with Gasteiger partial charge in [-0.2, -0.15) is 5.10 Å². The van der Waals surface area contributed by atoms with Crippen molar-refractivity contribution in [2.24, 2.45) is 5.41 Å². The number of rotatable bonds is 11. The van der Waals surface area contributed by atoms with Gasteiger partial charge in [0.2, 0.25) is 0 Å². The van der Waals surface area contributed by atoms with Crippen LogP contribution in [0.1, 0.15) is 31.5 Å². The van der Waals surface area contributed by atoms with Gasteiger partial charge in [-0.25, -0.2) is 4.68 Å². The van der Waals surface area contributed by atoms with E-state index in [4.69, 9.17) is 14.6 Å². The number of aromatic nitrogens is 3. The third kappa shape index (κ3) is 6.79. The number of nitrogens with zero attached hydrogens (tertiary/aromatic N) is 3. The van der Waals surface area contributed by atoms with Crippen LogP contribution in [0.15, 0.2) is 30.3 Å². The Morgan fingerprint density at radius 2 is 1.56 bits per heavy atom. The molecule has 0 atom stereocenters. The van der Waals surface area contributed by atoms with Crippen LogP contribution in [-0.4, -0.2) is 43.7 Å². The van der Waals surface area contributed by atoms with Crippen molar-refractivity contribution in [3.63, 3.8) is 0 Å². The van der Waals surface area contributed by atoms with E-state index >= 15 is 0 Å². The second-order valence-corrected chi connectivity index (χ2v) is 25.1. The van der Waals surface area contributed by atoms with E-state index in [1.807, 2.05) is 0 Å². The van der Waals surface area contributed by atoms with Crippen LogP contribution < -0.4 is 0 Å². The lowest BCUT2D eigenvalue weighted by molar-refractivity contribution is 0.0747. The number of para-hydroxylation sites is 1. The highest BCUT2D eigenvalue weighted by atomic mass is 28.3. The Balaban J connectivity index is 1.67. The van der Waals surface area contributed by atoms with E-state index in [0.29, 0.717) is 13.5 Å². The van der Waals surface area contributed by atoms with Gasteiger partial charge in [-0.1, -0.05) is 71.3 Å². The minimum atomic E-state index is -1.13. The molecule has 2 heterocycles. The van der Waals surface area contributed by atoms with Crippen LogP contribution >= 0.6 is 0 Å². The molecule has 3 aromatic rings. The van der Waals surface area contributed by atoms with E-state index in [0.717, 1.165) is 31.7 Å². The summed E-state index contributed by atoms with van der Waals surface area (Å²) < 4.78 is 16.9. The summed E-state index contributed by atoms with van der Waals surface area (Å²) in [5, 5.41) is 6.46. The topological polar surface area (TPSA) is 41.2 Å².